The molecule has 0 radical (unpaired) electrons. The van der Waals surface area contributed by atoms with E-state index in [-0.39, 0.29) is 0 Å². The van der Waals surface area contributed by atoms with Gasteiger partial charge in [0.1, 0.15) is 4.90 Å². The fourth-order valence-electron chi connectivity index (χ4n) is 2.82. The topological polar surface area (TPSA) is 54.3 Å². The van der Waals surface area contributed by atoms with Gasteiger partial charge >= 0.3 is 0 Å². The van der Waals surface area contributed by atoms with E-state index in [9.17, 15) is 8.42 Å². The number of rotatable bonds is 6. The molecule has 0 aromatic carbocycles. The average Bonchev–Trinajstić information content (AvgIpc) is 2.84. The highest BCUT2D eigenvalue weighted by atomic mass is 32.2. The molecule has 2 rings (SSSR count). The van der Waals surface area contributed by atoms with Crippen LogP contribution in [0.1, 0.15) is 38.8 Å². The van der Waals surface area contributed by atoms with Crippen molar-refractivity contribution in [3.05, 3.63) is 18.0 Å². The molecule has 1 aliphatic heterocycles. The molecule has 1 fully saturated rings. The Morgan fingerprint density at radius 3 is 2.57 bits per heavy atom. The first kappa shape index (κ1) is 16.5. The molecule has 120 valence electrons. The van der Waals surface area contributed by atoms with Crippen LogP contribution in [0.4, 0.5) is 0 Å². The van der Waals surface area contributed by atoms with Crippen LogP contribution in [0.15, 0.2) is 17.2 Å². The van der Waals surface area contributed by atoms with Crippen molar-refractivity contribution in [2.45, 2.75) is 51.1 Å². The summed E-state index contributed by atoms with van der Waals surface area (Å²) < 4.78 is 29.2. The number of nitrogens with one attached hydrogen (secondary N) is 1. The monoisotopic (exact) mass is 313 g/mol. The van der Waals surface area contributed by atoms with Crippen LogP contribution in [0.2, 0.25) is 0 Å². The van der Waals surface area contributed by atoms with Crippen LogP contribution < -0.4 is 5.32 Å². The van der Waals surface area contributed by atoms with Crippen LogP contribution in [-0.2, 0) is 23.1 Å². The third-order valence-electron chi connectivity index (χ3n) is 4.16. The van der Waals surface area contributed by atoms with E-state index >= 15 is 0 Å². The number of aromatic nitrogens is 1. The molecule has 0 unspecified atom stereocenters. The lowest BCUT2D eigenvalue weighted by atomic mass is 10.0. The normalized spacial score (nSPS) is 18.2. The predicted octanol–water partition coefficient (Wildman–Crippen LogP) is 2.04. The number of hydrogen-bond acceptors (Lipinski definition) is 3. The quantitative estimate of drug-likeness (QED) is 0.874. The highest BCUT2D eigenvalue weighted by Crippen LogP contribution is 2.25. The number of sulfonamides is 1. The van der Waals surface area contributed by atoms with Gasteiger partial charge in [0, 0.05) is 38.1 Å². The maximum atomic E-state index is 12.8. The third-order valence-corrected chi connectivity index (χ3v) is 6.03. The largest absolute Gasteiger partial charge is 0.349 e. The summed E-state index contributed by atoms with van der Waals surface area (Å²) in [4.78, 5) is 0.441. The van der Waals surface area contributed by atoms with Crippen LogP contribution in [0.3, 0.4) is 0 Å². The Morgan fingerprint density at radius 1 is 1.33 bits per heavy atom. The van der Waals surface area contributed by atoms with Gasteiger partial charge in [-0.05, 0) is 38.3 Å². The first-order chi connectivity index (χ1) is 9.98. The maximum absolute atomic E-state index is 12.8. The summed E-state index contributed by atoms with van der Waals surface area (Å²) in [5.74, 6) is 0.626. The van der Waals surface area contributed by atoms with Gasteiger partial charge in [-0.2, -0.15) is 4.31 Å². The van der Waals surface area contributed by atoms with E-state index in [1.165, 1.54) is 0 Å². The van der Waals surface area contributed by atoms with Gasteiger partial charge < -0.3 is 9.88 Å². The molecular weight excluding hydrogens is 286 g/mol. The number of nitrogens with zero attached hydrogens (tertiary/aromatic N) is 2. The van der Waals surface area contributed by atoms with Gasteiger partial charge in [0.15, 0.2) is 0 Å². The molecule has 1 aliphatic rings. The molecule has 5 nitrogen and oxygen atoms in total. The number of hydrogen-bond donors (Lipinski definition) is 1. The van der Waals surface area contributed by atoms with E-state index in [1.807, 2.05) is 13.1 Å². The smallest absolute Gasteiger partial charge is 0.244 e. The minimum atomic E-state index is -3.34. The Labute approximate surface area is 128 Å². The lowest BCUT2D eigenvalue weighted by molar-refractivity contribution is 0.288. The van der Waals surface area contributed by atoms with Crippen LogP contribution in [-0.4, -0.2) is 37.4 Å². The summed E-state index contributed by atoms with van der Waals surface area (Å²) in [6.45, 7) is 7.11. The third kappa shape index (κ3) is 3.67. The molecule has 0 amide bonds. The Balaban J connectivity index is 2.25. The summed E-state index contributed by atoms with van der Waals surface area (Å²) in [7, 11) is -1.46. The number of aryl methyl sites for hydroxylation is 1. The molecule has 0 atom stereocenters. The molecule has 1 saturated heterocycles. The second kappa shape index (κ2) is 6.94. The second-order valence-corrected chi connectivity index (χ2v) is 7.92. The molecule has 0 spiro atoms. The van der Waals surface area contributed by atoms with Crippen molar-refractivity contribution in [2.24, 2.45) is 5.92 Å². The van der Waals surface area contributed by atoms with Gasteiger partial charge in [0.05, 0.1) is 0 Å². The van der Waals surface area contributed by atoms with Gasteiger partial charge in [-0.3, -0.25) is 0 Å². The van der Waals surface area contributed by atoms with Crippen molar-refractivity contribution in [2.75, 3.05) is 20.1 Å². The van der Waals surface area contributed by atoms with E-state index in [0.29, 0.717) is 30.4 Å². The Kier molecular flexibility index (Phi) is 5.46. The fourth-order valence-corrected chi connectivity index (χ4v) is 4.35. The summed E-state index contributed by atoms with van der Waals surface area (Å²) in [5.41, 5.74) is 1.03. The standard InChI is InChI=1S/C15H27N3O2S/c1-4-7-17-12-15(10-14(17)11-16-3)21(19,20)18-8-5-13(2)6-9-18/h10,12-13,16H,4-9,11H2,1-3H3. The Hall–Kier alpha value is -0.850. The van der Waals surface area contributed by atoms with Crippen molar-refractivity contribution >= 4 is 10.0 Å². The van der Waals surface area contributed by atoms with Crippen molar-refractivity contribution in [3.63, 3.8) is 0 Å². The lowest BCUT2D eigenvalue weighted by Crippen LogP contribution is -2.37. The Morgan fingerprint density at radius 2 is 2.00 bits per heavy atom. The second-order valence-electron chi connectivity index (χ2n) is 5.98. The van der Waals surface area contributed by atoms with Crippen LogP contribution in [0.25, 0.3) is 0 Å². The maximum Gasteiger partial charge on any atom is 0.244 e. The zero-order valence-electron chi connectivity index (χ0n) is 13.3. The summed E-state index contributed by atoms with van der Waals surface area (Å²) in [6, 6.07) is 1.82. The zero-order valence-corrected chi connectivity index (χ0v) is 14.1. The van der Waals surface area contributed by atoms with E-state index in [2.05, 4.69) is 23.7 Å². The van der Waals surface area contributed by atoms with Crippen molar-refractivity contribution in [1.29, 1.82) is 0 Å². The first-order valence-electron chi connectivity index (χ1n) is 7.82. The molecule has 2 heterocycles. The molecule has 21 heavy (non-hydrogen) atoms. The van der Waals surface area contributed by atoms with Crippen LogP contribution >= 0.6 is 0 Å². The van der Waals surface area contributed by atoms with Gasteiger partial charge in [-0.1, -0.05) is 13.8 Å². The zero-order chi connectivity index (χ0) is 15.5. The molecule has 1 N–H and O–H groups in total. The SMILES string of the molecule is CCCn1cc(S(=O)(=O)N2CCC(C)CC2)cc1CNC. The highest BCUT2D eigenvalue weighted by molar-refractivity contribution is 7.89. The fraction of sp³-hybridized carbons (Fsp3) is 0.733. The van der Waals surface area contributed by atoms with Crippen molar-refractivity contribution < 1.29 is 8.42 Å². The lowest BCUT2D eigenvalue weighted by Gasteiger charge is -2.29. The van der Waals surface area contributed by atoms with Gasteiger partial charge in [-0.15, -0.1) is 0 Å². The predicted molar refractivity (Wildman–Crippen MR) is 84.6 cm³/mol. The Bertz CT molecular complexity index is 534. The molecule has 0 aliphatic carbocycles. The highest BCUT2D eigenvalue weighted by Gasteiger charge is 2.29. The van der Waals surface area contributed by atoms with Gasteiger partial charge in [0.25, 0.3) is 0 Å². The minimum Gasteiger partial charge on any atom is -0.349 e. The molecule has 6 heteroatoms. The van der Waals surface area contributed by atoms with E-state index in [1.54, 1.807) is 10.5 Å². The van der Waals surface area contributed by atoms with Crippen LogP contribution in [0.5, 0.6) is 0 Å². The first-order valence-corrected chi connectivity index (χ1v) is 9.26. The summed E-state index contributed by atoms with van der Waals surface area (Å²) in [5, 5.41) is 3.10. The molecule has 0 bridgehead atoms. The van der Waals surface area contributed by atoms with E-state index in [0.717, 1.165) is 31.5 Å². The number of piperidine rings is 1. The van der Waals surface area contributed by atoms with Crippen molar-refractivity contribution in [3.8, 4) is 0 Å². The van der Waals surface area contributed by atoms with Gasteiger partial charge in [0.2, 0.25) is 10.0 Å². The van der Waals surface area contributed by atoms with Gasteiger partial charge in [-0.25, -0.2) is 8.42 Å². The molecular formula is C15H27N3O2S. The van der Waals surface area contributed by atoms with E-state index < -0.39 is 10.0 Å². The van der Waals surface area contributed by atoms with E-state index in [4.69, 9.17) is 0 Å². The molecule has 1 aromatic heterocycles. The van der Waals surface area contributed by atoms with Crippen LogP contribution in [0, 0.1) is 5.92 Å². The summed E-state index contributed by atoms with van der Waals surface area (Å²) >= 11 is 0. The summed E-state index contributed by atoms with van der Waals surface area (Å²) in [6.07, 6.45) is 4.70. The van der Waals surface area contributed by atoms with Crippen molar-refractivity contribution in [1.82, 2.24) is 14.2 Å². The minimum absolute atomic E-state index is 0.441. The molecule has 0 saturated carbocycles. The molecule has 1 aromatic rings. The average molecular weight is 313 g/mol.